The Morgan fingerprint density at radius 2 is 1.33 bits per heavy atom. The molecular weight excluding hydrogens is 468 g/mol. The van der Waals surface area contributed by atoms with Crippen molar-refractivity contribution in [2.75, 3.05) is 9.73 Å². The van der Waals surface area contributed by atoms with E-state index in [4.69, 9.17) is 5.10 Å². The molecule has 4 aromatic carbocycles. The molecule has 6 rings (SSSR count). The van der Waals surface area contributed by atoms with Crippen molar-refractivity contribution in [1.82, 2.24) is 4.98 Å². The first-order valence-electron chi connectivity index (χ1n) is 11.5. The van der Waals surface area contributed by atoms with Crippen LogP contribution in [-0.4, -0.2) is 19.1 Å². The van der Waals surface area contributed by atoms with Crippen LogP contribution in [0.5, 0.6) is 0 Å². The third-order valence-corrected chi connectivity index (χ3v) is 7.46. The van der Waals surface area contributed by atoms with Gasteiger partial charge in [-0.3, -0.25) is 4.72 Å². The minimum Gasteiger partial charge on any atom is -0.347 e. The van der Waals surface area contributed by atoms with Crippen LogP contribution in [0.2, 0.25) is 0 Å². The van der Waals surface area contributed by atoms with E-state index in [-0.39, 0.29) is 4.90 Å². The molecular formula is C29H22N4O2S. The first-order chi connectivity index (χ1) is 17.6. The Balaban J connectivity index is 1.48. The number of anilines is 3. The minimum absolute atomic E-state index is 0.213. The summed E-state index contributed by atoms with van der Waals surface area (Å²) in [6.07, 6.45) is 1.86. The molecule has 7 heteroatoms. The van der Waals surface area contributed by atoms with Crippen LogP contribution in [0.3, 0.4) is 0 Å². The molecule has 36 heavy (non-hydrogen) atoms. The van der Waals surface area contributed by atoms with Crippen molar-refractivity contribution in [1.29, 1.82) is 0 Å². The highest BCUT2D eigenvalue weighted by molar-refractivity contribution is 7.92. The van der Waals surface area contributed by atoms with Crippen molar-refractivity contribution < 1.29 is 8.42 Å². The SMILES string of the molecule is O=S(=O)(Nc1ccc2c(c1)C(=NN(c1ccccc1)c1ccc[nH]1)c1ccccc1-2)c1ccccc1. The highest BCUT2D eigenvalue weighted by Crippen LogP contribution is 2.39. The summed E-state index contributed by atoms with van der Waals surface area (Å²) >= 11 is 0. The number of hydrogen-bond donors (Lipinski definition) is 2. The van der Waals surface area contributed by atoms with Gasteiger partial charge < -0.3 is 4.98 Å². The molecule has 0 fully saturated rings. The number of nitrogens with one attached hydrogen (secondary N) is 2. The lowest BCUT2D eigenvalue weighted by Crippen LogP contribution is -2.15. The average molecular weight is 491 g/mol. The number of benzene rings is 4. The number of aromatic amines is 1. The van der Waals surface area contributed by atoms with Crippen LogP contribution >= 0.6 is 0 Å². The molecule has 176 valence electrons. The molecule has 1 aliphatic rings. The van der Waals surface area contributed by atoms with E-state index in [1.807, 2.05) is 84.0 Å². The smallest absolute Gasteiger partial charge is 0.261 e. The largest absolute Gasteiger partial charge is 0.347 e. The molecule has 0 bridgehead atoms. The van der Waals surface area contributed by atoms with Crippen molar-refractivity contribution in [2.45, 2.75) is 4.90 Å². The summed E-state index contributed by atoms with van der Waals surface area (Å²) < 4.78 is 28.7. The molecule has 1 aliphatic carbocycles. The summed E-state index contributed by atoms with van der Waals surface area (Å²) in [5.74, 6) is 0.820. The van der Waals surface area contributed by atoms with Gasteiger partial charge in [0.2, 0.25) is 0 Å². The van der Waals surface area contributed by atoms with Gasteiger partial charge in [0.1, 0.15) is 5.82 Å². The van der Waals surface area contributed by atoms with E-state index >= 15 is 0 Å². The minimum atomic E-state index is -3.72. The van der Waals surface area contributed by atoms with Gasteiger partial charge in [0.25, 0.3) is 10.0 Å². The highest BCUT2D eigenvalue weighted by atomic mass is 32.2. The molecule has 1 heterocycles. The van der Waals surface area contributed by atoms with Crippen LogP contribution in [0, 0.1) is 0 Å². The van der Waals surface area contributed by atoms with Gasteiger partial charge in [-0.05, 0) is 59.7 Å². The van der Waals surface area contributed by atoms with Crippen molar-refractivity contribution in [2.24, 2.45) is 5.10 Å². The average Bonchev–Trinajstić information content (AvgIpc) is 3.55. The zero-order chi connectivity index (χ0) is 24.5. The number of nitrogens with zero attached hydrogens (tertiary/aromatic N) is 2. The number of hydrogen-bond acceptors (Lipinski definition) is 4. The van der Waals surface area contributed by atoms with Gasteiger partial charge in [0.15, 0.2) is 0 Å². The molecule has 5 aromatic rings. The van der Waals surface area contributed by atoms with Gasteiger partial charge in [-0.25, -0.2) is 13.4 Å². The molecule has 2 N–H and O–H groups in total. The molecule has 0 atom stereocenters. The van der Waals surface area contributed by atoms with Gasteiger partial charge in [0.05, 0.1) is 16.3 Å². The van der Waals surface area contributed by atoms with Crippen LogP contribution < -0.4 is 9.73 Å². The fourth-order valence-corrected chi connectivity index (χ4v) is 5.47. The van der Waals surface area contributed by atoms with Crippen LogP contribution in [0.1, 0.15) is 11.1 Å². The second kappa shape index (κ2) is 8.87. The predicted molar refractivity (Wildman–Crippen MR) is 144 cm³/mol. The maximum Gasteiger partial charge on any atom is 0.261 e. The Kier molecular flexibility index (Phi) is 5.39. The molecule has 0 amide bonds. The third-order valence-electron chi connectivity index (χ3n) is 6.06. The van der Waals surface area contributed by atoms with Crippen LogP contribution in [0.15, 0.2) is 131 Å². The molecule has 6 nitrogen and oxygen atoms in total. The Bertz CT molecular complexity index is 1660. The summed E-state index contributed by atoms with van der Waals surface area (Å²) in [6, 6.07) is 35.8. The number of sulfonamides is 1. The Morgan fingerprint density at radius 1 is 0.667 bits per heavy atom. The Morgan fingerprint density at radius 3 is 2.06 bits per heavy atom. The van der Waals surface area contributed by atoms with E-state index in [0.29, 0.717) is 5.69 Å². The maximum atomic E-state index is 13.0. The van der Waals surface area contributed by atoms with Crippen LogP contribution in [0.25, 0.3) is 11.1 Å². The van der Waals surface area contributed by atoms with Gasteiger partial charge >= 0.3 is 0 Å². The topological polar surface area (TPSA) is 77.6 Å². The second-order valence-electron chi connectivity index (χ2n) is 8.38. The molecule has 0 spiro atoms. The number of rotatable bonds is 6. The quantitative estimate of drug-likeness (QED) is 0.266. The second-order valence-corrected chi connectivity index (χ2v) is 10.1. The zero-order valence-electron chi connectivity index (χ0n) is 19.2. The summed E-state index contributed by atoms with van der Waals surface area (Å²) in [6.45, 7) is 0. The standard InChI is InChI=1S/C29H22N4O2S/c34-36(35,23-12-5-2-6-13-23)32-21-17-18-25-24-14-7-8-15-26(24)29(27(25)20-21)31-33(28-16-9-19-30-28)22-10-3-1-4-11-22/h1-20,30,32H. The van der Waals surface area contributed by atoms with E-state index in [2.05, 4.69) is 15.8 Å². The van der Waals surface area contributed by atoms with Gasteiger partial charge in [-0.1, -0.05) is 66.7 Å². The summed E-state index contributed by atoms with van der Waals surface area (Å²) in [7, 11) is -3.72. The van der Waals surface area contributed by atoms with Gasteiger partial charge in [-0.15, -0.1) is 0 Å². The lowest BCUT2D eigenvalue weighted by atomic mass is 10.1. The lowest BCUT2D eigenvalue weighted by molar-refractivity contribution is 0.601. The van der Waals surface area contributed by atoms with E-state index in [0.717, 1.165) is 39.5 Å². The number of fused-ring (bicyclic) bond motifs is 3. The molecule has 0 saturated carbocycles. The highest BCUT2D eigenvalue weighted by Gasteiger charge is 2.27. The number of hydrazone groups is 1. The zero-order valence-corrected chi connectivity index (χ0v) is 20.0. The van der Waals surface area contributed by atoms with Crippen LogP contribution in [-0.2, 0) is 10.0 Å². The third kappa shape index (κ3) is 3.95. The summed E-state index contributed by atoms with van der Waals surface area (Å²) in [5, 5.41) is 6.97. The maximum absolute atomic E-state index is 13.0. The van der Waals surface area contributed by atoms with E-state index in [1.165, 1.54) is 0 Å². The molecule has 1 aromatic heterocycles. The van der Waals surface area contributed by atoms with Gasteiger partial charge in [-0.2, -0.15) is 5.10 Å². The van der Waals surface area contributed by atoms with Crippen molar-refractivity contribution in [3.63, 3.8) is 0 Å². The fourth-order valence-electron chi connectivity index (χ4n) is 4.40. The Hall–Kier alpha value is -4.62. The first kappa shape index (κ1) is 21.9. The monoisotopic (exact) mass is 490 g/mol. The van der Waals surface area contributed by atoms with Crippen LogP contribution in [0.4, 0.5) is 17.2 Å². The number of H-pyrrole nitrogens is 1. The molecule has 0 aliphatic heterocycles. The van der Waals surface area contributed by atoms with E-state index in [9.17, 15) is 8.42 Å². The van der Waals surface area contributed by atoms with Gasteiger partial charge in [0, 0.05) is 23.0 Å². The predicted octanol–water partition coefficient (Wildman–Crippen LogP) is 6.39. The number of para-hydroxylation sites is 1. The molecule has 0 unspecified atom stereocenters. The first-order valence-corrected chi connectivity index (χ1v) is 13.0. The summed E-state index contributed by atoms with van der Waals surface area (Å²) in [5.41, 5.74) is 6.05. The molecule has 0 radical (unpaired) electrons. The van der Waals surface area contributed by atoms with Crippen molar-refractivity contribution >= 4 is 32.9 Å². The van der Waals surface area contributed by atoms with E-state index < -0.39 is 10.0 Å². The normalized spacial score (nSPS) is 13.3. The lowest BCUT2D eigenvalue weighted by Gasteiger charge is -2.19. The van der Waals surface area contributed by atoms with Crippen molar-refractivity contribution in [3.05, 3.63) is 133 Å². The Labute approximate surface area is 209 Å². The number of aromatic nitrogens is 1. The van der Waals surface area contributed by atoms with Crippen molar-refractivity contribution in [3.8, 4) is 11.1 Å². The molecule has 0 saturated heterocycles. The summed E-state index contributed by atoms with van der Waals surface area (Å²) in [4.78, 5) is 3.46. The van der Waals surface area contributed by atoms with E-state index in [1.54, 1.807) is 36.4 Å². The fraction of sp³-hybridized carbons (Fsp3) is 0.